The molecule has 3 aliphatic heterocycles. The summed E-state index contributed by atoms with van der Waals surface area (Å²) in [6.07, 6.45) is 1.80. The van der Waals surface area contributed by atoms with Crippen LogP contribution in [-0.4, -0.2) is 35.5 Å². The van der Waals surface area contributed by atoms with E-state index < -0.39 is 0 Å². The molecule has 1 saturated heterocycles. The van der Waals surface area contributed by atoms with Crippen LogP contribution in [0, 0.1) is 6.92 Å². The largest absolute Gasteiger partial charge is 0.375 e. The zero-order valence-electron chi connectivity index (χ0n) is 18.3. The minimum atomic E-state index is -0.150. The fraction of sp³-hybridized carbons (Fsp3) is 0.269. The summed E-state index contributed by atoms with van der Waals surface area (Å²) < 4.78 is 8.09. The monoisotopic (exact) mass is 477 g/mol. The lowest BCUT2D eigenvalue weighted by Crippen LogP contribution is -2.63. The molecule has 2 aromatic carbocycles. The molecule has 6 rings (SSSR count). The molecule has 0 amide bonds. The van der Waals surface area contributed by atoms with Gasteiger partial charge < -0.3 is 9.64 Å². The Morgan fingerprint density at radius 3 is 2.88 bits per heavy atom. The zero-order valence-corrected chi connectivity index (χ0v) is 19.9. The van der Waals surface area contributed by atoms with Crippen LogP contribution in [-0.2, 0) is 10.5 Å². The number of nitrogens with zero attached hydrogens (tertiary/aromatic N) is 3. The Bertz CT molecular complexity index is 1340. The van der Waals surface area contributed by atoms with Crippen LogP contribution in [0.4, 0.5) is 0 Å². The van der Waals surface area contributed by atoms with Gasteiger partial charge in [0.15, 0.2) is 5.43 Å². The number of ether oxygens (including phenoxy) is 1. The molecule has 0 bridgehead atoms. The number of rotatable bonds is 1. The molecule has 0 spiro atoms. The van der Waals surface area contributed by atoms with Crippen LogP contribution in [0.25, 0.3) is 5.70 Å². The summed E-state index contributed by atoms with van der Waals surface area (Å²) in [4.78, 5) is 16.2. The number of morpholine rings is 1. The van der Waals surface area contributed by atoms with Crippen molar-refractivity contribution >= 4 is 29.1 Å². The van der Waals surface area contributed by atoms with Crippen LogP contribution in [0.3, 0.4) is 0 Å². The van der Waals surface area contributed by atoms with Crippen molar-refractivity contribution in [1.29, 1.82) is 0 Å². The average Bonchev–Trinajstić information content (AvgIpc) is 3.00. The summed E-state index contributed by atoms with van der Waals surface area (Å²) in [5.41, 5.74) is 5.97. The molecular weight excluding hydrogens is 454 g/mol. The molecule has 2 atom stereocenters. The molecule has 0 saturated carbocycles. The molecule has 0 N–H and O–H groups in total. The van der Waals surface area contributed by atoms with Gasteiger partial charge in [-0.2, -0.15) is 0 Å². The van der Waals surface area contributed by atoms with Crippen LogP contribution in [0.5, 0.6) is 0 Å². The van der Waals surface area contributed by atoms with Gasteiger partial charge in [0.2, 0.25) is 0 Å². The molecule has 0 aliphatic carbocycles. The van der Waals surface area contributed by atoms with Gasteiger partial charge >= 0.3 is 0 Å². The Morgan fingerprint density at radius 2 is 2.00 bits per heavy atom. The predicted octanol–water partition coefficient (Wildman–Crippen LogP) is 4.79. The first-order valence-corrected chi connectivity index (χ1v) is 12.5. The highest BCUT2D eigenvalue weighted by Crippen LogP contribution is 2.47. The number of benzene rings is 2. The van der Waals surface area contributed by atoms with E-state index >= 15 is 0 Å². The Morgan fingerprint density at radius 1 is 1.15 bits per heavy atom. The van der Waals surface area contributed by atoms with E-state index in [9.17, 15) is 4.79 Å². The fourth-order valence-electron chi connectivity index (χ4n) is 5.31. The summed E-state index contributed by atoms with van der Waals surface area (Å²) in [5.74, 6) is 0.852. The first kappa shape index (κ1) is 20.9. The average molecular weight is 478 g/mol. The van der Waals surface area contributed by atoms with Gasteiger partial charge in [0, 0.05) is 45.6 Å². The Hall–Kier alpha value is -2.67. The van der Waals surface area contributed by atoms with Crippen molar-refractivity contribution in [2.24, 2.45) is 0 Å². The predicted molar refractivity (Wildman–Crippen MR) is 133 cm³/mol. The summed E-state index contributed by atoms with van der Waals surface area (Å²) >= 11 is 8.76. The normalized spacial score (nSPS) is 21.6. The maximum absolute atomic E-state index is 12.6. The van der Waals surface area contributed by atoms with Gasteiger partial charge in [-0.1, -0.05) is 48.5 Å². The minimum absolute atomic E-state index is 0.0179. The third-order valence-electron chi connectivity index (χ3n) is 6.88. The number of fused-ring (bicyclic) bond motifs is 4. The number of aromatic nitrogens is 1. The molecule has 1 fully saturated rings. The topological polar surface area (TPSA) is 37.7 Å². The third-order valence-corrected chi connectivity index (χ3v) is 8.34. The van der Waals surface area contributed by atoms with Crippen molar-refractivity contribution in [2.75, 3.05) is 24.8 Å². The minimum Gasteiger partial charge on any atom is -0.375 e. The number of halogens is 1. The molecule has 3 aromatic rings. The van der Waals surface area contributed by atoms with Crippen LogP contribution < -0.4 is 10.4 Å². The number of hydrogen-bond donors (Lipinski definition) is 0. The second-order valence-electron chi connectivity index (χ2n) is 8.62. The first-order valence-electron chi connectivity index (χ1n) is 11.1. The maximum Gasteiger partial charge on any atom is 0.185 e. The van der Waals surface area contributed by atoms with Gasteiger partial charge in [0.1, 0.15) is 12.2 Å². The van der Waals surface area contributed by atoms with Crippen LogP contribution in [0.15, 0.2) is 71.0 Å². The van der Waals surface area contributed by atoms with E-state index in [1.165, 1.54) is 16.0 Å². The van der Waals surface area contributed by atoms with E-state index in [4.69, 9.17) is 16.3 Å². The van der Waals surface area contributed by atoms with Crippen molar-refractivity contribution in [3.63, 3.8) is 0 Å². The van der Waals surface area contributed by atoms with Crippen molar-refractivity contribution < 1.29 is 4.74 Å². The van der Waals surface area contributed by atoms with Gasteiger partial charge in [0.25, 0.3) is 0 Å². The highest BCUT2D eigenvalue weighted by Gasteiger charge is 2.43. The Kier molecular flexibility index (Phi) is 5.05. The van der Waals surface area contributed by atoms with E-state index in [0.29, 0.717) is 18.8 Å². The summed E-state index contributed by atoms with van der Waals surface area (Å²) in [7, 11) is 0. The van der Waals surface area contributed by atoms with Crippen molar-refractivity contribution in [3.05, 3.63) is 105 Å². The SMILES string of the molecule is C=C1c2c(C)c(=O)ccn2N([C@@H]2c3ccccc3SCc3cccc(Cl)c32)[C@@H]2COCCN12. The molecule has 33 heavy (non-hydrogen) atoms. The lowest BCUT2D eigenvalue weighted by atomic mass is 9.93. The number of hydrogen-bond acceptors (Lipinski definition) is 5. The van der Waals surface area contributed by atoms with Crippen molar-refractivity contribution in [3.8, 4) is 0 Å². The van der Waals surface area contributed by atoms with E-state index in [1.54, 1.807) is 6.07 Å². The molecule has 0 unspecified atom stereocenters. The molecule has 0 radical (unpaired) electrons. The molecule has 5 nitrogen and oxygen atoms in total. The van der Waals surface area contributed by atoms with Crippen LogP contribution in [0.2, 0.25) is 5.02 Å². The molecular formula is C26H24ClN3O2S. The van der Waals surface area contributed by atoms with E-state index in [0.717, 1.165) is 34.3 Å². The van der Waals surface area contributed by atoms with Gasteiger partial charge in [0.05, 0.1) is 24.6 Å². The number of thioether (sulfide) groups is 1. The number of pyridine rings is 1. The molecule has 7 heteroatoms. The van der Waals surface area contributed by atoms with Gasteiger partial charge in [-0.3, -0.25) is 14.5 Å². The molecule has 3 aliphatic rings. The van der Waals surface area contributed by atoms with Gasteiger partial charge in [-0.25, -0.2) is 0 Å². The molecule has 4 heterocycles. The lowest BCUT2D eigenvalue weighted by molar-refractivity contribution is 0.00314. The third kappa shape index (κ3) is 3.15. The first-order chi connectivity index (χ1) is 16.1. The second kappa shape index (κ2) is 7.97. The highest BCUT2D eigenvalue weighted by molar-refractivity contribution is 7.98. The van der Waals surface area contributed by atoms with Gasteiger partial charge in [-0.15, -0.1) is 11.8 Å². The second-order valence-corrected chi connectivity index (χ2v) is 10.0. The summed E-state index contributed by atoms with van der Waals surface area (Å²) in [5, 5.41) is 3.09. The van der Waals surface area contributed by atoms with Crippen molar-refractivity contribution in [2.45, 2.75) is 29.8 Å². The van der Waals surface area contributed by atoms with E-state index in [1.807, 2.05) is 37.0 Å². The zero-order chi connectivity index (χ0) is 22.7. The Labute approximate surface area is 202 Å². The quantitative estimate of drug-likeness (QED) is 0.504. The summed E-state index contributed by atoms with van der Waals surface area (Å²) in [6, 6.07) is 16.2. The van der Waals surface area contributed by atoms with Crippen LogP contribution in [0.1, 0.15) is 34.0 Å². The van der Waals surface area contributed by atoms with Gasteiger partial charge in [-0.05, 0) is 30.2 Å². The van der Waals surface area contributed by atoms with Crippen molar-refractivity contribution in [1.82, 2.24) is 9.58 Å². The Balaban J connectivity index is 1.68. The summed E-state index contributed by atoms with van der Waals surface area (Å²) in [6.45, 7) is 8.18. The standard InChI is InChI=1S/C26H24ClN3O2S/c1-16-21(31)10-11-29-25(16)17(2)28-12-13-32-14-23(28)30(29)26-19-7-3-4-9-22(19)33-15-18-6-5-8-20(27)24(18)26/h3-11,23,26H,2,12-15H2,1H3/t23-,26-/m1/s1. The smallest absolute Gasteiger partial charge is 0.185 e. The fourth-order valence-corrected chi connectivity index (χ4v) is 6.69. The van der Waals surface area contributed by atoms with Crippen LogP contribution >= 0.6 is 23.4 Å². The molecule has 1 aromatic heterocycles. The lowest BCUT2D eigenvalue weighted by Gasteiger charge is -2.53. The van der Waals surface area contributed by atoms with E-state index in [-0.39, 0.29) is 17.6 Å². The molecule has 168 valence electrons. The highest BCUT2D eigenvalue weighted by atomic mass is 35.5. The maximum atomic E-state index is 12.6. The van der Waals surface area contributed by atoms with E-state index in [2.05, 4.69) is 51.5 Å².